The number of nitrogens with zero attached hydrogens (tertiary/aromatic N) is 1. The first-order valence-corrected chi connectivity index (χ1v) is 9.57. The molecular formula is C21H22N4O5. The van der Waals surface area contributed by atoms with Gasteiger partial charge in [0.2, 0.25) is 0 Å². The summed E-state index contributed by atoms with van der Waals surface area (Å²) < 4.78 is 6.45. The molecule has 0 fully saturated rings. The first-order chi connectivity index (χ1) is 14.4. The van der Waals surface area contributed by atoms with Crippen molar-refractivity contribution in [3.63, 3.8) is 0 Å². The van der Waals surface area contributed by atoms with Crippen LogP contribution in [0, 0.1) is 0 Å². The Morgan fingerprint density at radius 3 is 2.63 bits per heavy atom. The van der Waals surface area contributed by atoms with Crippen molar-refractivity contribution in [1.82, 2.24) is 14.9 Å². The number of aromatic nitrogens is 2. The Morgan fingerprint density at radius 1 is 1.10 bits per heavy atom. The zero-order valence-corrected chi connectivity index (χ0v) is 16.7. The molecular weight excluding hydrogens is 388 g/mol. The predicted octanol–water partition coefficient (Wildman–Crippen LogP) is 2.46. The van der Waals surface area contributed by atoms with Gasteiger partial charge in [-0.1, -0.05) is 13.0 Å². The average molecular weight is 410 g/mol. The van der Waals surface area contributed by atoms with E-state index in [1.165, 1.54) is 24.3 Å². The summed E-state index contributed by atoms with van der Waals surface area (Å²) in [7, 11) is 0. The van der Waals surface area contributed by atoms with E-state index >= 15 is 0 Å². The van der Waals surface area contributed by atoms with Crippen LogP contribution in [0.1, 0.15) is 30.6 Å². The monoisotopic (exact) mass is 410 g/mol. The summed E-state index contributed by atoms with van der Waals surface area (Å²) in [6.07, 6.45) is 0.814. The lowest BCUT2D eigenvalue weighted by atomic mass is 10.1. The molecule has 9 nitrogen and oxygen atoms in total. The number of hydrogen-bond donors (Lipinski definition) is 3. The van der Waals surface area contributed by atoms with Crippen LogP contribution in [-0.2, 0) is 6.54 Å². The van der Waals surface area contributed by atoms with Gasteiger partial charge in [0.15, 0.2) is 0 Å². The molecule has 0 aliphatic heterocycles. The minimum Gasteiger partial charge on any atom is -0.423 e. The summed E-state index contributed by atoms with van der Waals surface area (Å²) in [5, 5.41) is 5.65. The van der Waals surface area contributed by atoms with Crippen molar-refractivity contribution >= 4 is 28.6 Å². The smallest absolute Gasteiger partial charge is 0.343 e. The van der Waals surface area contributed by atoms with Gasteiger partial charge in [-0.05, 0) is 43.7 Å². The standard InChI is InChI=1S/C21H22N4O5/c1-3-10-22-20(28)23-14-6-5-7-15(12-14)30-19(27)13-8-9-16-17(11-13)24-21(29)25(4-2)18(16)26/h5-9,11-12H,3-4,10H2,1-2H3,(H,24,29)(H2,22,23,28). The van der Waals surface area contributed by atoms with Crippen molar-refractivity contribution < 1.29 is 14.3 Å². The number of urea groups is 1. The highest BCUT2D eigenvalue weighted by Gasteiger charge is 2.13. The minimum atomic E-state index is -0.662. The Kier molecular flexibility index (Phi) is 6.31. The van der Waals surface area contributed by atoms with Crippen molar-refractivity contribution in [1.29, 1.82) is 0 Å². The Labute approximate surface area is 171 Å². The van der Waals surface area contributed by atoms with Crippen LogP contribution in [0.25, 0.3) is 10.9 Å². The first-order valence-electron chi connectivity index (χ1n) is 9.57. The van der Waals surface area contributed by atoms with E-state index in [4.69, 9.17) is 4.74 Å². The second kappa shape index (κ2) is 9.08. The fraction of sp³-hybridized carbons (Fsp3) is 0.238. The number of carbonyl (C=O) groups excluding carboxylic acids is 2. The van der Waals surface area contributed by atoms with E-state index in [1.54, 1.807) is 25.1 Å². The molecule has 1 heterocycles. The molecule has 9 heteroatoms. The maximum absolute atomic E-state index is 12.5. The van der Waals surface area contributed by atoms with Crippen LogP contribution in [0.5, 0.6) is 5.75 Å². The van der Waals surface area contributed by atoms with Crippen molar-refractivity contribution in [2.45, 2.75) is 26.8 Å². The highest BCUT2D eigenvalue weighted by Crippen LogP contribution is 2.19. The molecule has 2 aromatic carbocycles. The third-order valence-corrected chi connectivity index (χ3v) is 4.37. The van der Waals surface area contributed by atoms with Crippen molar-refractivity contribution in [3.05, 3.63) is 68.9 Å². The van der Waals surface area contributed by atoms with Crippen molar-refractivity contribution in [2.75, 3.05) is 11.9 Å². The quantitative estimate of drug-likeness (QED) is 0.426. The molecule has 3 rings (SSSR count). The molecule has 156 valence electrons. The zero-order valence-electron chi connectivity index (χ0n) is 16.7. The van der Waals surface area contributed by atoms with E-state index in [0.29, 0.717) is 17.6 Å². The zero-order chi connectivity index (χ0) is 21.7. The van der Waals surface area contributed by atoms with Crippen LogP contribution in [-0.4, -0.2) is 28.1 Å². The lowest BCUT2D eigenvalue weighted by molar-refractivity contribution is 0.0735. The summed E-state index contributed by atoms with van der Waals surface area (Å²) in [6.45, 7) is 4.44. The minimum absolute atomic E-state index is 0.172. The van der Waals surface area contributed by atoms with Gasteiger partial charge in [-0.3, -0.25) is 9.36 Å². The molecule has 0 spiro atoms. The lowest BCUT2D eigenvalue weighted by Gasteiger charge is -2.09. The third kappa shape index (κ3) is 4.57. The number of ether oxygens (including phenoxy) is 1. The van der Waals surface area contributed by atoms with Gasteiger partial charge in [-0.25, -0.2) is 14.4 Å². The summed E-state index contributed by atoms with van der Waals surface area (Å²) in [5.74, 6) is -0.423. The maximum atomic E-state index is 12.5. The summed E-state index contributed by atoms with van der Waals surface area (Å²) in [6, 6.07) is 10.4. The molecule has 3 aromatic rings. The van der Waals surface area contributed by atoms with E-state index in [1.807, 2.05) is 6.92 Å². The van der Waals surface area contributed by atoms with Gasteiger partial charge in [0.05, 0.1) is 16.5 Å². The summed E-state index contributed by atoms with van der Waals surface area (Å²) in [4.78, 5) is 51.2. The number of benzene rings is 2. The number of fused-ring (bicyclic) bond motifs is 1. The summed E-state index contributed by atoms with van der Waals surface area (Å²) in [5.41, 5.74) is -0.0631. The number of H-pyrrole nitrogens is 1. The lowest BCUT2D eigenvalue weighted by Crippen LogP contribution is -2.34. The van der Waals surface area contributed by atoms with E-state index in [2.05, 4.69) is 15.6 Å². The van der Waals surface area contributed by atoms with Crippen LogP contribution in [0.2, 0.25) is 0 Å². The Bertz CT molecular complexity index is 1210. The molecule has 0 aliphatic carbocycles. The normalized spacial score (nSPS) is 10.6. The summed E-state index contributed by atoms with van der Waals surface area (Å²) >= 11 is 0. The predicted molar refractivity (Wildman–Crippen MR) is 113 cm³/mol. The molecule has 2 amide bonds. The molecule has 3 N–H and O–H groups in total. The van der Waals surface area contributed by atoms with E-state index in [-0.39, 0.29) is 29.4 Å². The van der Waals surface area contributed by atoms with Crippen LogP contribution in [0.4, 0.5) is 10.5 Å². The van der Waals surface area contributed by atoms with Gasteiger partial charge in [0, 0.05) is 24.8 Å². The molecule has 0 saturated carbocycles. The largest absolute Gasteiger partial charge is 0.423 e. The number of rotatable bonds is 6. The van der Waals surface area contributed by atoms with Crippen molar-refractivity contribution in [2.24, 2.45) is 0 Å². The molecule has 0 saturated heterocycles. The number of carbonyl (C=O) groups is 2. The Morgan fingerprint density at radius 2 is 1.90 bits per heavy atom. The second-order valence-electron chi connectivity index (χ2n) is 6.54. The average Bonchev–Trinajstić information content (AvgIpc) is 2.72. The Balaban J connectivity index is 1.80. The Hall–Kier alpha value is -3.88. The molecule has 1 aromatic heterocycles. The van der Waals surface area contributed by atoms with Crippen LogP contribution in [0.15, 0.2) is 52.1 Å². The number of amides is 2. The number of nitrogens with one attached hydrogen (secondary N) is 3. The second-order valence-corrected chi connectivity index (χ2v) is 6.54. The first kappa shape index (κ1) is 20.8. The van der Waals surface area contributed by atoms with Gasteiger partial charge in [-0.2, -0.15) is 0 Å². The van der Waals surface area contributed by atoms with E-state index in [9.17, 15) is 19.2 Å². The van der Waals surface area contributed by atoms with Crippen LogP contribution < -0.4 is 26.6 Å². The van der Waals surface area contributed by atoms with Gasteiger partial charge >= 0.3 is 17.7 Å². The van der Waals surface area contributed by atoms with Gasteiger partial charge in [0.1, 0.15) is 5.75 Å². The van der Waals surface area contributed by atoms with Gasteiger partial charge in [0.25, 0.3) is 5.56 Å². The van der Waals surface area contributed by atoms with Crippen LogP contribution in [0.3, 0.4) is 0 Å². The fourth-order valence-corrected chi connectivity index (χ4v) is 2.89. The highest BCUT2D eigenvalue weighted by molar-refractivity contribution is 5.95. The molecule has 30 heavy (non-hydrogen) atoms. The molecule has 0 unspecified atom stereocenters. The maximum Gasteiger partial charge on any atom is 0.343 e. The molecule has 0 aliphatic rings. The van der Waals surface area contributed by atoms with Crippen LogP contribution >= 0.6 is 0 Å². The topological polar surface area (TPSA) is 122 Å². The number of aromatic amines is 1. The number of anilines is 1. The molecule has 0 atom stereocenters. The van der Waals surface area contributed by atoms with E-state index < -0.39 is 17.2 Å². The number of esters is 1. The SMILES string of the molecule is CCCNC(=O)Nc1cccc(OC(=O)c2ccc3c(=O)n(CC)c(=O)[nH]c3c2)c1. The third-order valence-electron chi connectivity index (χ3n) is 4.37. The van der Waals surface area contributed by atoms with E-state index in [0.717, 1.165) is 11.0 Å². The fourth-order valence-electron chi connectivity index (χ4n) is 2.89. The number of hydrogen-bond acceptors (Lipinski definition) is 5. The van der Waals surface area contributed by atoms with Crippen molar-refractivity contribution in [3.8, 4) is 5.75 Å². The van der Waals surface area contributed by atoms with Gasteiger partial charge in [-0.15, -0.1) is 0 Å². The van der Waals surface area contributed by atoms with Gasteiger partial charge < -0.3 is 20.4 Å². The molecule has 0 radical (unpaired) electrons. The highest BCUT2D eigenvalue weighted by atomic mass is 16.5. The molecule has 0 bridgehead atoms.